The van der Waals surface area contributed by atoms with Crippen molar-refractivity contribution in [2.45, 2.75) is 45.4 Å². The summed E-state index contributed by atoms with van der Waals surface area (Å²) in [5.74, 6) is -0.791. The highest BCUT2D eigenvalue weighted by Gasteiger charge is 1.95. The Morgan fingerprint density at radius 2 is 1.91 bits per heavy atom. The first-order valence-electron chi connectivity index (χ1n) is 4.33. The van der Waals surface area contributed by atoms with Crippen LogP contribution in [0.25, 0.3) is 0 Å². The summed E-state index contributed by atoms with van der Waals surface area (Å²) in [5.41, 5.74) is 0. The van der Waals surface area contributed by atoms with Gasteiger partial charge in [-0.2, -0.15) is 0 Å². The molecule has 1 radical (unpaired) electrons. The van der Waals surface area contributed by atoms with Crippen LogP contribution in [0.15, 0.2) is 0 Å². The first-order chi connectivity index (χ1) is 5.27. The average Bonchev–Trinajstić information content (AvgIpc) is 1.96. The van der Waals surface area contributed by atoms with Gasteiger partial charge in [0.15, 0.2) is 0 Å². The molecule has 0 heterocycles. The Kier molecular flexibility index (Phi) is 7.21. The first-order valence-corrected chi connectivity index (χ1v) is 4.33. The van der Waals surface area contributed by atoms with Gasteiger partial charge < -0.3 is 5.11 Å². The third kappa shape index (κ3) is 9.47. The lowest BCUT2D eigenvalue weighted by Gasteiger charge is -1.96. The van der Waals surface area contributed by atoms with Crippen molar-refractivity contribution in [3.05, 3.63) is 6.42 Å². The molecule has 0 fully saturated rings. The molecule has 0 unspecified atom stereocenters. The molecule has 0 amide bonds. The molecule has 0 aromatic heterocycles. The number of carbonyl (C=O) groups is 1. The van der Waals surface area contributed by atoms with Crippen molar-refractivity contribution < 1.29 is 9.90 Å². The van der Waals surface area contributed by atoms with E-state index in [1.54, 1.807) is 0 Å². The molecule has 0 atom stereocenters. The van der Waals surface area contributed by atoms with Gasteiger partial charge in [-0.25, -0.2) is 0 Å². The SMILES string of the molecule is CCCCCCC[CH]C(=O)O. The van der Waals surface area contributed by atoms with E-state index in [2.05, 4.69) is 6.92 Å². The fourth-order valence-electron chi connectivity index (χ4n) is 0.973. The number of carboxylic acids is 1. The van der Waals surface area contributed by atoms with E-state index in [0.717, 1.165) is 19.3 Å². The minimum absolute atomic E-state index is 0.721. The molecule has 0 saturated heterocycles. The van der Waals surface area contributed by atoms with Gasteiger partial charge in [0, 0.05) is 0 Å². The first kappa shape index (κ1) is 10.5. The number of rotatable bonds is 7. The molecule has 2 nitrogen and oxygen atoms in total. The lowest BCUT2D eigenvalue weighted by Crippen LogP contribution is -1.94. The Hall–Kier alpha value is -0.530. The van der Waals surface area contributed by atoms with E-state index in [4.69, 9.17) is 5.11 Å². The van der Waals surface area contributed by atoms with Crippen LogP contribution in [0.4, 0.5) is 0 Å². The Bertz CT molecular complexity index is 99.7. The van der Waals surface area contributed by atoms with Crippen molar-refractivity contribution in [1.29, 1.82) is 0 Å². The number of hydrogen-bond acceptors (Lipinski definition) is 1. The molecule has 11 heavy (non-hydrogen) atoms. The topological polar surface area (TPSA) is 37.3 Å². The summed E-state index contributed by atoms with van der Waals surface area (Å²) >= 11 is 0. The molecule has 0 bridgehead atoms. The maximum atomic E-state index is 10.0. The Balaban J connectivity index is 2.85. The maximum absolute atomic E-state index is 10.0. The van der Waals surface area contributed by atoms with Crippen LogP contribution in [0.1, 0.15) is 45.4 Å². The van der Waals surface area contributed by atoms with E-state index in [-0.39, 0.29) is 0 Å². The molecular weight excluding hydrogens is 140 g/mol. The van der Waals surface area contributed by atoms with Crippen molar-refractivity contribution >= 4 is 5.97 Å². The number of unbranched alkanes of at least 4 members (excludes halogenated alkanes) is 5. The second-order valence-electron chi connectivity index (χ2n) is 2.75. The van der Waals surface area contributed by atoms with Crippen molar-refractivity contribution in [1.82, 2.24) is 0 Å². The fourth-order valence-corrected chi connectivity index (χ4v) is 0.973. The number of aliphatic carboxylic acids is 1. The van der Waals surface area contributed by atoms with Gasteiger partial charge in [-0.3, -0.25) is 4.79 Å². The van der Waals surface area contributed by atoms with Crippen LogP contribution in [-0.4, -0.2) is 11.1 Å². The van der Waals surface area contributed by atoms with Crippen molar-refractivity contribution in [2.75, 3.05) is 0 Å². The van der Waals surface area contributed by atoms with E-state index < -0.39 is 5.97 Å². The van der Waals surface area contributed by atoms with Crippen LogP contribution in [0.2, 0.25) is 0 Å². The molecule has 0 spiro atoms. The predicted molar refractivity (Wildman–Crippen MR) is 45.3 cm³/mol. The standard InChI is InChI=1S/C9H17O2/c1-2-3-4-5-6-7-8-9(10)11/h8H,2-7H2,1H3,(H,10,11). The zero-order valence-corrected chi connectivity index (χ0v) is 7.18. The van der Waals surface area contributed by atoms with Crippen LogP contribution >= 0.6 is 0 Å². The van der Waals surface area contributed by atoms with Gasteiger partial charge in [0.1, 0.15) is 0 Å². The molecule has 0 saturated carbocycles. The smallest absolute Gasteiger partial charge is 0.307 e. The second-order valence-corrected chi connectivity index (χ2v) is 2.75. The van der Waals surface area contributed by atoms with Crippen LogP contribution in [0.5, 0.6) is 0 Å². The fraction of sp³-hybridized carbons (Fsp3) is 0.778. The zero-order valence-electron chi connectivity index (χ0n) is 7.18. The minimum Gasteiger partial charge on any atom is -0.481 e. The van der Waals surface area contributed by atoms with Gasteiger partial charge in [-0.1, -0.05) is 39.0 Å². The van der Waals surface area contributed by atoms with Crippen molar-refractivity contribution in [3.8, 4) is 0 Å². The number of carboxylic acid groups (broad SMARTS) is 1. The largest absolute Gasteiger partial charge is 0.481 e. The van der Waals surface area contributed by atoms with Gasteiger partial charge >= 0.3 is 5.97 Å². The van der Waals surface area contributed by atoms with Crippen molar-refractivity contribution in [2.24, 2.45) is 0 Å². The molecule has 0 aromatic carbocycles. The molecule has 65 valence electrons. The summed E-state index contributed by atoms with van der Waals surface area (Å²) in [6, 6.07) is 0. The Labute approximate surface area is 68.6 Å². The van der Waals surface area contributed by atoms with Crippen LogP contribution in [0, 0.1) is 6.42 Å². The summed E-state index contributed by atoms with van der Waals surface area (Å²) in [7, 11) is 0. The minimum atomic E-state index is -0.791. The molecule has 0 aliphatic carbocycles. The zero-order chi connectivity index (χ0) is 8.53. The highest BCUT2D eigenvalue weighted by atomic mass is 16.4. The summed E-state index contributed by atoms with van der Waals surface area (Å²) in [4.78, 5) is 10.0. The molecule has 0 aliphatic rings. The van der Waals surface area contributed by atoms with E-state index in [1.165, 1.54) is 25.7 Å². The summed E-state index contributed by atoms with van der Waals surface area (Å²) in [6.45, 7) is 2.17. The summed E-state index contributed by atoms with van der Waals surface area (Å²) < 4.78 is 0. The lowest BCUT2D eigenvalue weighted by atomic mass is 10.1. The van der Waals surface area contributed by atoms with Crippen LogP contribution in [-0.2, 0) is 4.79 Å². The van der Waals surface area contributed by atoms with Gasteiger partial charge in [0.05, 0.1) is 6.42 Å². The quantitative estimate of drug-likeness (QED) is 0.577. The van der Waals surface area contributed by atoms with Gasteiger partial charge in [0.25, 0.3) is 0 Å². The highest BCUT2D eigenvalue weighted by molar-refractivity contribution is 5.76. The van der Waals surface area contributed by atoms with E-state index in [9.17, 15) is 4.79 Å². The molecule has 0 rings (SSSR count). The normalized spacial score (nSPS) is 9.91. The molecule has 0 aliphatic heterocycles. The Morgan fingerprint density at radius 3 is 2.45 bits per heavy atom. The monoisotopic (exact) mass is 157 g/mol. The summed E-state index contributed by atoms with van der Waals surface area (Å²) in [6.07, 6.45) is 7.99. The number of hydrogen-bond donors (Lipinski definition) is 1. The van der Waals surface area contributed by atoms with E-state index >= 15 is 0 Å². The van der Waals surface area contributed by atoms with E-state index in [0.29, 0.717) is 0 Å². The molecule has 0 aromatic rings. The molecule has 1 N–H and O–H groups in total. The third-order valence-corrected chi connectivity index (χ3v) is 1.63. The third-order valence-electron chi connectivity index (χ3n) is 1.63. The van der Waals surface area contributed by atoms with Gasteiger partial charge in [-0.15, -0.1) is 0 Å². The lowest BCUT2D eigenvalue weighted by molar-refractivity contribution is -0.133. The van der Waals surface area contributed by atoms with E-state index in [1.807, 2.05) is 0 Å². The van der Waals surface area contributed by atoms with Crippen LogP contribution < -0.4 is 0 Å². The predicted octanol–water partition coefficient (Wildman–Crippen LogP) is 2.64. The Morgan fingerprint density at radius 1 is 1.27 bits per heavy atom. The van der Waals surface area contributed by atoms with Gasteiger partial charge in [0.2, 0.25) is 0 Å². The maximum Gasteiger partial charge on any atom is 0.307 e. The highest BCUT2D eigenvalue weighted by Crippen LogP contribution is 2.05. The average molecular weight is 157 g/mol. The van der Waals surface area contributed by atoms with Crippen LogP contribution in [0.3, 0.4) is 0 Å². The van der Waals surface area contributed by atoms with Gasteiger partial charge in [-0.05, 0) is 6.42 Å². The summed E-state index contributed by atoms with van der Waals surface area (Å²) in [5, 5.41) is 8.26. The molecular formula is C9H17O2. The second kappa shape index (κ2) is 7.58. The van der Waals surface area contributed by atoms with Crippen molar-refractivity contribution in [3.63, 3.8) is 0 Å². The molecule has 2 heteroatoms.